The molecular formula is C21H27N3O3. The molecule has 3 rings (SSSR count). The van der Waals surface area contributed by atoms with Gasteiger partial charge >= 0.3 is 0 Å². The van der Waals surface area contributed by atoms with Gasteiger partial charge in [0.1, 0.15) is 17.5 Å². The fourth-order valence-corrected chi connectivity index (χ4v) is 3.41. The molecule has 144 valence electrons. The monoisotopic (exact) mass is 369 g/mol. The molecule has 1 aliphatic rings. The van der Waals surface area contributed by atoms with Crippen LogP contribution in [0.4, 0.5) is 0 Å². The standard InChI is InChI=1S/C21H27N3O3/c1-26-18-10-15(11-19(12-18)27-2)13-24-9-8-17(14-24)23-21(25)20(22)16-6-4-3-5-7-16/h3-7,10-12,17,20H,8-9,13-14,22H2,1-2H3,(H,23,25). The number of rotatable bonds is 7. The van der Waals surface area contributed by atoms with Crippen molar-refractivity contribution in [2.75, 3.05) is 27.3 Å². The number of carbonyl (C=O) groups is 1. The highest BCUT2D eigenvalue weighted by atomic mass is 16.5. The maximum absolute atomic E-state index is 12.4. The van der Waals surface area contributed by atoms with E-state index in [1.54, 1.807) is 14.2 Å². The number of likely N-dealkylation sites (tertiary alicyclic amines) is 1. The van der Waals surface area contributed by atoms with Crippen molar-refractivity contribution in [3.63, 3.8) is 0 Å². The highest BCUT2D eigenvalue weighted by Crippen LogP contribution is 2.24. The molecule has 6 heteroatoms. The van der Waals surface area contributed by atoms with Crippen molar-refractivity contribution in [3.8, 4) is 11.5 Å². The molecular weight excluding hydrogens is 342 g/mol. The van der Waals surface area contributed by atoms with E-state index < -0.39 is 6.04 Å². The lowest BCUT2D eigenvalue weighted by molar-refractivity contribution is -0.123. The Balaban J connectivity index is 1.55. The smallest absolute Gasteiger partial charge is 0.241 e. The fraction of sp³-hybridized carbons (Fsp3) is 0.381. The number of benzene rings is 2. The molecule has 1 heterocycles. The van der Waals surface area contributed by atoms with Gasteiger partial charge in [0.05, 0.1) is 14.2 Å². The van der Waals surface area contributed by atoms with Crippen LogP contribution in [0.15, 0.2) is 48.5 Å². The van der Waals surface area contributed by atoms with Crippen LogP contribution >= 0.6 is 0 Å². The molecule has 1 aliphatic heterocycles. The Hall–Kier alpha value is -2.57. The van der Waals surface area contributed by atoms with E-state index in [9.17, 15) is 4.79 Å². The molecule has 3 N–H and O–H groups in total. The number of nitrogens with two attached hydrogens (primary N) is 1. The summed E-state index contributed by atoms with van der Waals surface area (Å²) in [5.74, 6) is 1.43. The zero-order valence-corrected chi connectivity index (χ0v) is 15.9. The average Bonchev–Trinajstić information content (AvgIpc) is 3.14. The summed E-state index contributed by atoms with van der Waals surface area (Å²) in [5.41, 5.74) is 8.04. The van der Waals surface area contributed by atoms with Gasteiger partial charge in [-0.15, -0.1) is 0 Å². The van der Waals surface area contributed by atoms with Crippen LogP contribution in [0.1, 0.15) is 23.6 Å². The van der Waals surface area contributed by atoms with Gasteiger partial charge in [0.25, 0.3) is 0 Å². The van der Waals surface area contributed by atoms with Crippen LogP contribution < -0.4 is 20.5 Å². The lowest BCUT2D eigenvalue weighted by atomic mass is 10.1. The van der Waals surface area contributed by atoms with E-state index in [0.29, 0.717) is 0 Å². The zero-order valence-electron chi connectivity index (χ0n) is 15.9. The Morgan fingerprint density at radius 3 is 2.48 bits per heavy atom. The molecule has 0 saturated carbocycles. The van der Waals surface area contributed by atoms with Gasteiger partial charge < -0.3 is 20.5 Å². The van der Waals surface area contributed by atoms with Gasteiger partial charge in [-0.25, -0.2) is 0 Å². The van der Waals surface area contributed by atoms with Crippen LogP contribution in [0.3, 0.4) is 0 Å². The van der Waals surface area contributed by atoms with E-state index in [1.165, 1.54) is 0 Å². The molecule has 2 aromatic carbocycles. The number of hydrogen-bond donors (Lipinski definition) is 2. The molecule has 1 fully saturated rings. The zero-order chi connectivity index (χ0) is 19.2. The Bertz CT molecular complexity index is 744. The van der Waals surface area contributed by atoms with E-state index in [-0.39, 0.29) is 11.9 Å². The average molecular weight is 369 g/mol. The van der Waals surface area contributed by atoms with Crippen LogP contribution in [0.25, 0.3) is 0 Å². The van der Waals surface area contributed by atoms with Gasteiger partial charge in [0.15, 0.2) is 0 Å². The highest BCUT2D eigenvalue weighted by Gasteiger charge is 2.26. The first-order valence-corrected chi connectivity index (χ1v) is 9.14. The van der Waals surface area contributed by atoms with Gasteiger partial charge in [-0.3, -0.25) is 9.69 Å². The second-order valence-electron chi connectivity index (χ2n) is 6.84. The van der Waals surface area contributed by atoms with Gasteiger partial charge in [-0.1, -0.05) is 30.3 Å². The summed E-state index contributed by atoms with van der Waals surface area (Å²) in [6.45, 7) is 2.50. The van der Waals surface area contributed by atoms with Gasteiger partial charge in [0, 0.05) is 31.7 Å². The maximum Gasteiger partial charge on any atom is 0.241 e. The number of nitrogens with zero attached hydrogens (tertiary/aromatic N) is 1. The predicted molar refractivity (Wildman–Crippen MR) is 105 cm³/mol. The quantitative estimate of drug-likeness (QED) is 0.782. The third-order valence-corrected chi connectivity index (χ3v) is 4.88. The molecule has 1 amide bonds. The van der Waals surface area contributed by atoms with Crippen molar-refractivity contribution in [1.82, 2.24) is 10.2 Å². The minimum Gasteiger partial charge on any atom is -0.497 e. The molecule has 6 nitrogen and oxygen atoms in total. The van der Waals surface area contributed by atoms with Gasteiger partial charge in [-0.2, -0.15) is 0 Å². The SMILES string of the molecule is COc1cc(CN2CCC(NC(=O)C(N)c3ccccc3)C2)cc(OC)c1. The summed E-state index contributed by atoms with van der Waals surface area (Å²) >= 11 is 0. The van der Waals surface area contributed by atoms with Crippen molar-refractivity contribution in [2.24, 2.45) is 5.73 Å². The Kier molecular flexibility index (Phi) is 6.32. The van der Waals surface area contributed by atoms with Crippen LogP contribution in [0.5, 0.6) is 11.5 Å². The summed E-state index contributed by atoms with van der Waals surface area (Å²) < 4.78 is 10.7. The first kappa shape index (κ1) is 19.2. The number of hydrogen-bond acceptors (Lipinski definition) is 5. The van der Waals surface area contributed by atoms with E-state index >= 15 is 0 Å². The largest absolute Gasteiger partial charge is 0.497 e. The molecule has 27 heavy (non-hydrogen) atoms. The Labute approximate surface area is 160 Å². The molecule has 2 aromatic rings. The van der Waals surface area contributed by atoms with Crippen LogP contribution in [-0.2, 0) is 11.3 Å². The number of methoxy groups -OCH3 is 2. The topological polar surface area (TPSA) is 76.8 Å². The van der Waals surface area contributed by atoms with Crippen molar-refractivity contribution in [2.45, 2.75) is 25.0 Å². The molecule has 2 unspecified atom stereocenters. The predicted octanol–water partition coefficient (Wildman–Crippen LogP) is 2.09. The summed E-state index contributed by atoms with van der Waals surface area (Å²) in [4.78, 5) is 14.8. The first-order valence-electron chi connectivity index (χ1n) is 9.14. The molecule has 0 aromatic heterocycles. The second kappa shape index (κ2) is 8.88. The maximum atomic E-state index is 12.4. The van der Waals surface area contributed by atoms with Crippen LogP contribution in [0.2, 0.25) is 0 Å². The van der Waals surface area contributed by atoms with Gasteiger partial charge in [0.2, 0.25) is 5.91 Å². The summed E-state index contributed by atoms with van der Waals surface area (Å²) in [7, 11) is 3.30. The van der Waals surface area contributed by atoms with Crippen LogP contribution in [-0.4, -0.2) is 44.2 Å². The Morgan fingerprint density at radius 1 is 1.19 bits per heavy atom. The van der Waals surface area contributed by atoms with Crippen LogP contribution in [0, 0.1) is 0 Å². The molecule has 0 aliphatic carbocycles. The summed E-state index contributed by atoms with van der Waals surface area (Å²) in [6, 6.07) is 14.8. The number of carbonyl (C=O) groups excluding carboxylic acids is 1. The normalized spacial score (nSPS) is 18.1. The molecule has 0 spiro atoms. The summed E-state index contributed by atoms with van der Waals surface area (Å²) in [5, 5.41) is 3.08. The van der Waals surface area contributed by atoms with E-state index in [0.717, 1.165) is 48.7 Å². The second-order valence-corrected chi connectivity index (χ2v) is 6.84. The minimum atomic E-state index is -0.636. The molecule has 2 atom stereocenters. The molecule has 1 saturated heterocycles. The fourth-order valence-electron chi connectivity index (χ4n) is 3.41. The number of amides is 1. The number of ether oxygens (including phenoxy) is 2. The minimum absolute atomic E-state index is 0.111. The lowest BCUT2D eigenvalue weighted by Crippen LogP contribution is -2.42. The number of nitrogens with one attached hydrogen (secondary N) is 1. The summed E-state index contributed by atoms with van der Waals surface area (Å²) in [6.07, 6.45) is 0.911. The van der Waals surface area contributed by atoms with Crippen molar-refractivity contribution in [3.05, 3.63) is 59.7 Å². The highest BCUT2D eigenvalue weighted by molar-refractivity contribution is 5.83. The molecule has 0 bridgehead atoms. The van der Waals surface area contributed by atoms with Crippen molar-refractivity contribution in [1.29, 1.82) is 0 Å². The third-order valence-electron chi connectivity index (χ3n) is 4.88. The van der Waals surface area contributed by atoms with E-state index in [1.807, 2.05) is 48.5 Å². The van der Waals surface area contributed by atoms with E-state index in [2.05, 4.69) is 10.2 Å². The van der Waals surface area contributed by atoms with Crippen molar-refractivity contribution < 1.29 is 14.3 Å². The third kappa shape index (κ3) is 4.99. The van der Waals surface area contributed by atoms with Gasteiger partial charge in [-0.05, 0) is 29.7 Å². The van der Waals surface area contributed by atoms with Crippen molar-refractivity contribution >= 4 is 5.91 Å². The first-order chi connectivity index (χ1) is 13.1. The lowest BCUT2D eigenvalue weighted by Gasteiger charge is -2.19. The molecule has 0 radical (unpaired) electrons. The van der Waals surface area contributed by atoms with E-state index in [4.69, 9.17) is 15.2 Å². The Morgan fingerprint density at radius 2 is 1.85 bits per heavy atom.